The Labute approximate surface area is 129 Å². The molecule has 1 aromatic rings. The van der Waals surface area contributed by atoms with Crippen molar-refractivity contribution in [2.24, 2.45) is 11.8 Å². The van der Waals surface area contributed by atoms with Crippen LogP contribution in [0.25, 0.3) is 0 Å². The zero-order valence-electron chi connectivity index (χ0n) is 11.9. The van der Waals surface area contributed by atoms with Gasteiger partial charge >= 0.3 is 5.97 Å². The topological polar surface area (TPSA) is 67.2 Å². The average Bonchev–Trinajstić information content (AvgIpc) is 2.68. The molecule has 1 aliphatic rings. The van der Waals surface area contributed by atoms with Crippen molar-refractivity contribution in [3.63, 3.8) is 0 Å². The van der Waals surface area contributed by atoms with Gasteiger partial charge in [0.1, 0.15) is 5.78 Å². The van der Waals surface area contributed by atoms with E-state index in [9.17, 15) is 9.59 Å². The Kier molecular flexibility index (Phi) is 5.12. The van der Waals surface area contributed by atoms with Gasteiger partial charge in [0, 0.05) is 17.2 Å². The summed E-state index contributed by atoms with van der Waals surface area (Å²) in [6.07, 6.45) is 2.15. The van der Waals surface area contributed by atoms with Gasteiger partial charge < -0.3 is 10.1 Å². The Morgan fingerprint density at radius 3 is 2.57 bits per heavy atom. The lowest BCUT2D eigenvalue weighted by Gasteiger charge is -2.15. The number of ether oxygens (including phenoxy) is 1. The van der Waals surface area contributed by atoms with Gasteiger partial charge in [0.05, 0.1) is 18.9 Å². The normalized spacial score (nSPS) is 22.5. The van der Waals surface area contributed by atoms with Crippen molar-refractivity contribution < 1.29 is 14.3 Å². The van der Waals surface area contributed by atoms with E-state index in [0.717, 1.165) is 6.42 Å². The third kappa shape index (κ3) is 3.70. The first-order chi connectivity index (χ1) is 10.0. The molecule has 0 radical (unpaired) electrons. The number of halogens is 1. The number of Topliss-reactive ketones (excluding diaryl/α,β-unsaturated/α-hetero) is 1. The Hall–Kier alpha value is -1.68. The molecule has 1 aromatic carbocycles. The van der Waals surface area contributed by atoms with Crippen molar-refractivity contribution in [2.75, 3.05) is 7.11 Å². The summed E-state index contributed by atoms with van der Waals surface area (Å²) in [6, 6.07) is 6.93. The number of carbonyl (C=O) groups is 2. The van der Waals surface area contributed by atoms with Crippen LogP contribution in [0.2, 0.25) is 5.02 Å². The summed E-state index contributed by atoms with van der Waals surface area (Å²) in [5.74, 6) is -1.20. The molecule has 0 aliphatic heterocycles. The summed E-state index contributed by atoms with van der Waals surface area (Å²) in [7, 11) is 1.34. The molecule has 0 heterocycles. The van der Waals surface area contributed by atoms with E-state index in [0.29, 0.717) is 29.1 Å². The third-order valence-corrected chi connectivity index (χ3v) is 4.17. The van der Waals surface area contributed by atoms with E-state index in [4.69, 9.17) is 21.7 Å². The smallest absolute Gasteiger partial charge is 0.309 e. The second-order valence-corrected chi connectivity index (χ2v) is 5.73. The Bertz CT molecular complexity index is 553. The number of nitrogens with one attached hydrogen (secondary N) is 1. The summed E-state index contributed by atoms with van der Waals surface area (Å²) in [5, 5.41) is 8.86. The van der Waals surface area contributed by atoms with Crippen LogP contribution in [0.1, 0.15) is 31.2 Å². The SMILES string of the molecule is COC(=O)C1CCCC(C(=N)c2ccc(Cl)cc2)C(=O)C1. The minimum atomic E-state index is -0.444. The lowest BCUT2D eigenvalue weighted by atomic mass is 9.89. The van der Waals surface area contributed by atoms with E-state index in [1.807, 2.05) is 0 Å². The van der Waals surface area contributed by atoms with E-state index in [2.05, 4.69) is 0 Å². The molecule has 21 heavy (non-hydrogen) atoms. The molecule has 0 aromatic heterocycles. The van der Waals surface area contributed by atoms with Gasteiger partial charge in [0.25, 0.3) is 0 Å². The maximum atomic E-state index is 12.4. The maximum absolute atomic E-state index is 12.4. The highest BCUT2D eigenvalue weighted by Crippen LogP contribution is 2.28. The molecule has 0 bridgehead atoms. The van der Waals surface area contributed by atoms with E-state index < -0.39 is 5.92 Å². The van der Waals surface area contributed by atoms with E-state index in [-0.39, 0.29) is 24.1 Å². The maximum Gasteiger partial charge on any atom is 0.309 e. The predicted molar refractivity (Wildman–Crippen MR) is 80.8 cm³/mol. The first-order valence-electron chi connectivity index (χ1n) is 6.98. The van der Waals surface area contributed by atoms with Gasteiger partial charge in [-0.2, -0.15) is 0 Å². The summed E-state index contributed by atoms with van der Waals surface area (Å²) >= 11 is 5.84. The standard InChI is InChI=1S/C16H18ClNO3/c1-21-16(20)11-3-2-4-13(14(19)9-11)15(18)10-5-7-12(17)8-6-10/h5-8,11,13,18H,2-4,9H2,1H3. The first-order valence-corrected chi connectivity index (χ1v) is 7.35. The molecule has 1 aliphatic carbocycles. The molecular weight excluding hydrogens is 290 g/mol. The van der Waals surface area contributed by atoms with Crippen molar-refractivity contribution in [3.8, 4) is 0 Å². The minimum Gasteiger partial charge on any atom is -0.469 e. The largest absolute Gasteiger partial charge is 0.469 e. The fourth-order valence-corrected chi connectivity index (χ4v) is 2.85. The molecule has 1 fully saturated rings. The zero-order valence-corrected chi connectivity index (χ0v) is 12.7. The number of carbonyl (C=O) groups excluding carboxylic acids is 2. The van der Waals surface area contributed by atoms with Gasteiger partial charge in [-0.3, -0.25) is 9.59 Å². The van der Waals surface area contributed by atoms with Gasteiger partial charge in [0.2, 0.25) is 0 Å². The van der Waals surface area contributed by atoms with Crippen molar-refractivity contribution in [2.45, 2.75) is 25.7 Å². The monoisotopic (exact) mass is 307 g/mol. The molecule has 2 rings (SSSR count). The summed E-state index contributed by atoms with van der Waals surface area (Å²) < 4.78 is 4.73. The van der Waals surface area contributed by atoms with Crippen molar-refractivity contribution in [3.05, 3.63) is 34.9 Å². The van der Waals surface area contributed by atoms with Gasteiger partial charge in [-0.05, 0) is 30.5 Å². The third-order valence-electron chi connectivity index (χ3n) is 3.92. The fraction of sp³-hybridized carbons (Fsp3) is 0.438. The van der Waals surface area contributed by atoms with Crippen LogP contribution >= 0.6 is 11.6 Å². The van der Waals surface area contributed by atoms with Gasteiger partial charge in [-0.15, -0.1) is 0 Å². The molecule has 1 N–H and O–H groups in total. The van der Waals surface area contributed by atoms with Crippen molar-refractivity contribution in [1.82, 2.24) is 0 Å². The summed E-state index contributed by atoms with van der Waals surface area (Å²) in [6.45, 7) is 0. The Balaban J connectivity index is 2.13. The van der Waals surface area contributed by atoms with Crippen LogP contribution in [0, 0.1) is 17.2 Å². The van der Waals surface area contributed by atoms with Crippen LogP contribution < -0.4 is 0 Å². The number of hydrogen-bond acceptors (Lipinski definition) is 4. The molecule has 0 spiro atoms. The number of hydrogen-bond donors (Lipinski definition) is 1. The molecule has 2 atom stereocenters. The van der Waals surface area contributed by atoms with E-state index >= 15 is 0 Å². The quantitative estimate of drug-likeness (QED) is 0.529. The fourth-order valence-electron chi connectivity index (χ4n) is 2.72. The molecule has 5 heteroatoms. The van der Waals surface area contributed by atoms with Crippen LogP contribution in [-0.2, 0) is 14.3 Å². The van der Waals surface area contributed by atoms with Gasteiger partial charge in [-0.1, -0.05) is 30.2 Å². The summed E-state index contributed by atoms with van der Waals surface area (Å²) in [5.41, 5.74) is 1.01. The van der Waals surface area contributed by atoms with E-state index in [1.165, 1.54) is 7.11 Å². The van der Waals surface area contributed by atoms with Crippen LogP contribution in [0.4, 0.5) is 0 Å². The van der Waals surface area contributed by atoms with Crippen LogP contribution in [0.5, 0.6) is 0 Å². The molecule has 0 saturated heterocycles. The molecule has 0 amide bonds. The van der Waals surface area contributed by atoms with Crippen LogP contribution in [0.3, 0.4) is 0 Å². The molecule has 2 unspecified atom stereocenters. The predicted octanol–water partition coefficient (Wildman–Crippen LogP) is 3.26. The number of esters is 1. The highest BCUT2D eigenvalue weighted by molar-refractivity contribution is 6.30. The molecular formula is C16H18ClNO3. The van der Waals surface area contributed by atoms with Crippen LogP contribution in [-0.4, -0.2) is 24.6 Å². The van der Waals surface area contributed by atoms with Crippen molar-refractivity contribution >= 4 is 29.1 Å². The highest BCUT2D eigenvalue weighted by atomic mass is 35.5. The number of ketones is 1. The molecule has 1 saturated carbocycles. The van der Waals surface area contributed by atoms with Gasteiger partial charge in [-0.25, -0.2) is 0 Å². The number of rotatable bonds is 3. The lowest BCUT2D eigenvalue weighted by molar-refractivity contribution is -0.147. The molecule has 112 valence electrons. The zero-order chi connectivity index (χ0) is 15.4. The van der Waals surface area contributed by atoms with Crippen LogP contribution in [0.15, 0.2) is 24.3 Å². The number of methoxy groups -OCH3 is 1. The first kappa shape index (κ1) is 15.7. The Morgan fingerprint density at radius 2 is 1.95 bits per heavy atom. The summed E-state index contributed by atoms with van der Waals surface area (Å²) in [4.78, 5) is 24.0. The second-order valence-electron chi connectivity index (χ2n) is 5.29. The Morgan fingerprint density at radius 1 is 1.29 bits per heavy atom. The minimum absolute atomic E-state index is 0.0529. The number of benzene rings is 1. The van der Waals surface area contributed by atoms with E-state index in [1.54, 1.807) is 24.3 Å². The second kappa shape index (κ2) is 6.85. The average molecular weight is 308 g/mol. The van der Waals surface area contributed by atoms with Gasteiger partial charge in [0.15, 0.2) is 0 Å². The van der Waals surface area contributed by atoms with Crippen molar-refractivity contribution in [1.29, 1.82) is 5.41 Å². The highest BCUT2D eigenvalue weighted by Gasteiger charge is 2.32. The lowest BCUT2D eigenvalue weighted by Crippen LogP contribution is -2.26. The molecule has 4 nitrogen and oxygen atoms in total.